The fraction of sp³-hybridized carbons (Fsp3) is 0.286. The van der Waals surface area contributed by atoms with Gasteiger partial charge in [-0.2, -0.15) is 0 Å². The van der Waals surface area contributed by atoms with E-state index in [-0.39, 0.29) is 0 Å². The number of fused-ring (bicyclic) bond motifs is 1. The van der Waals surface area contributed by atoms with E-state index in [0.29, 0.717) is 12.4 Å². The van der Waals surface area contributed by atoms with Gasteiger partial charge in [0.15, 0.2) is 11.6 Å². The number of anilines is 3. The Labute approximate surface area is 118 Å². The van der Waals surface area contributed by atoms with Gasteiger partial charge in [0.1, 0.15) is 12.0 Å². The molecule has 1 aromatic carbocycles. The summed E-state index contributed by atoms with van der Waals surface area (Å²) >= 11 is 0. The predicted molar refractivity (Wildman–Crippen MR) is 78.6 cm³/mol. The first kappa shape index (κ1) is 12.7. The molecule has 104 valence electrons. The summed E-state index contributed by atoms with van der Waals surface area (Å²) in [6.45, 7) is 1.28. The zero-order chi connectivity index (χ0) is 13.9. The van der Waals surface area contributed by atoms with Crippen molar-refractivity contribution in [1.82, 2.24) is 9.97 Å². The Kier molecular flexibility index (Phi) is 3.39. The van der Waals surface area contributed by atoms with E-state index < -0.39 is 0 Å². The number of rotatable bonds is 4. The van der Waals surface area contributed by atoms with Gasteiger partial charge in [-0.1, -0.05) is 30.3 Å². The monoisotopic (exact) mass is 271 g/mol. The summed E-state index contributed by atoms with van der Waals surface area (Å²) in [7, 11) is 4.01. The molecule has 0 saturated carbocycles. The molecule has 0 atom stereocenters. The van der Waals surface area contributed by atoms with Crippen LogP contribution < -0.4 is 15.3 Å². The molecule has 1 aliphatic rings. The van der Waals surface area contributed by atoms with E-state index >= 15 is 0 Å². The van der Waals surface area contributed by atoms with E-state index in [1.54, 1.807) is 6.33 Å². The van der Waals surface area contributed by atoms with Crippen LogP contribution in [0, 0.1) is 0 Å². The largest absolute Gasteiger partial charge is 0.351 e. The molecule has 1 aromatic heterocycles. The minimum absolute atomic E-state index is 0.485. The SMILES string of the molecule is CN1CN(C)c2c(NOCc3ccccc3)ncnc21. The Morgan fingerprint density at radius 1 is 1.15 bits per heavy atom. The Hall–Kier alpha value is -2.34. The summed E-state index contributed by atoms with van der Waals surface area (Å²) in [5.41, 5.74) is 4.99. The highest BCUT2D eigenvalue weighted by Crippen LogP contribution is 2.36. The molecule has 20 heavy (non-hydrogen) atoms. The second-order valence-electron chi connectivity index (χ2n) is 4.81. The summed E-state index contributed by atoms with van der Waals surface area (Å²) in [4.78, 5) is 18.2. The third-order valence-corrected chi connectivity index (χ3v) is 3.22. The number of nitrogens with zero attached hydrogens (tertiary/aromatic N) is 4. The normalized spacial score (nSPS) is 13.5. The molecular weight excluding hydrogens is 254 g/mol. The van der Waals surface area contributed by atoms with Gasteiger partial charge >= 0.3 is 0 Å². The van der Waals surface area contributed by atoms with Gasteiger partial charge in [-0.25, -0.2) is 15.4 Å². The molecule has 6 heteroatoms. The highest BCUT2D eigenvalue weighted by atomic mass is 16.6. The maximum absolute atomic E-state index is 5.53. The molecule has 1 N–H and O–H groups in total. The fourth-order valence-corrected chi connectivity index (χ4v) is 2.29. The zero-order valence-electron chi connectivity index (χ0n) is 11.6. The van der Waals surface area contributed by atoms with Crippen LogP contribution in [-0.2, 0) is 11.4 Å². The highest BCUT2D eigenvalue weighted by Gasteiger charge is 2.25. The molecule has 0 bridgehead atoms. The van der Waals surface area contributed by atoms with Gasteiger partial charge in [-0.3, -0.25) is 4.84 Å². The van der Waals surface area contributed by atoms with Crippen LogP contribution in [0.5, 0.6) is 0 Å². The van der Waals surface area contributed by atoms with Gasteiger partial charge in [0.05, 0.1) is 13.3 Å². The summed E-state index contributed by atoms with van der Waals surface area (Å²) in [6, 6.07) is 10.0. The van der Waals surface area contributed by atoms with E-state index in [1.165, 1.54) is 0 Å². The van der Waals surface area contributed by atoms with Crippen molar-refractivity contribution in [2.45, 2.75) is 6.61 Å². The molecule has 0 spiro atoms. The second-order valence-corrected chi connectivity index (χ2v) is 4.81. The maximum Gasteiger partial charge on any atom is 0.179 e. The summed E-state index contributed by atoms with van der Waals surface area (Å²) in [5, 5.41) is 0. The molecule has 0 aliphatic carbocycles. The zero-order valence-corrected chi connectivity index (χ0v) is 11.6. The van der Waals surface area contributed by atoms with Crippen LogP contribution in [-0.4, -0.2) is 30.7 Å². The van der Waals surface area contributed by atoms with Crippen molar-refractivity contribution in [3.63, 3.8) is 0 Å². The number of benzene rings is 1. The third-order valence-electron chi connectivity index (χ3n) is 3.22. The van der Waals surface area contributed by atoms with E-state index in [2.05, 4.69) is 25.2 Å². The van der Waals surface area contributed by atoms with E-state index in [4.69, 9.17) is 4.84 Å². The lowest BCUT2D eigenvalue weighted by Crippen LogP contribution is -2.24. The summed E-state index contributed by atoms with van der Waals surface area (Å²) in [5.74, 6) is 1.60. The first-order valence-electron chi connectivity index (χ1n) is 6.44. The standard InChI is InChI=1S/C14H17N5O/c1-18-10-19(2)14-12(18)13(15-9-16-14)17-20-8-11-6-4-3-5-7-11/h3-7,9H,8,10H2,1-2H3,(H,15,16,17). The van der Waals surface area contributed by atoms with Crippen LogP contribution in [0.4, 0.5) is 17.3 Å². The van der Waals surface area contributed by atoms with Crippen molar-refractivity contribution in [2.75, 3.05) is 36.0 Å². The molecule has 0 unspecified atom stereocenters. The average molecular weight is 271 g/mol. The first-order chi connectivity index (χ1) is 9.75. The van der Waals surface area contributed by atoms with Gasteiger partial charge < -0.3 is 9.80 Å². The van der Waals surface area contributed by atoms with Crippen molar-refractivity contribution in [3.8, 4) is 0 Å². The van der Waals surface area contributed by atoms with E-state index in [9.17, 15) is 0 Å². The van der Waals surface area contributed by atoms with Crippen LogP contribution in [0.2, 0.25) is 0 Å². The molecule has 2 heterocycles. The molecular formula is C14H17N5O. The highest BCUT2D eigenvalue weighted by molar-refractivity contribution is 5.81. The van der Waals surface area contributed by atoms with Crippen molar-refractivity contribution in [1.29, 1.82) is 0 Å². The summed E-state index contributed by atoms with van der Waals surface area (Å²) in [6.07, 6.45) is 1.54. The van der Waals surface area contributed by atoms with Crippen molar-refractivity contribution < 1.29 is 4.84 Å². The van der Waals surface area contributed by atoms with Crippen LogP contribution in [0.3, 0.4) is 0 Å². The van der Waals surface area contributed by atoms with Crippen molar-refractivity contribution in [3.05, 3.63) is 42.2 Å². The second kappa shape index (κ2) is 5.34. The van der Waals surface area contributed by atoms with Crippen molar-refractivity contribution >= 4 is 17.3 Å². The molecule has 6 nitrogen and oxygen atoms in total. The Bertz CT molecular complexity index is 589. The number of hydrogen-bond donors (Lipinski definition) is 1. The lowest BCUT2D eigenvalue weighted by molar-refractivity contribution is 0.179. The molecule has 0 saturated heterocycles. The number of aromatic nitrogens is 2. The van der Waals surface area contributed by atoms with Gasteiger partial charge in [-0.15, -0.1) is 0 Å². The van der Waals surface area contributed by atoms with Crippen LogP contribution in [0.25, 0.3) is 0 Å². The number of hydrogen-bond acceptors (Lipinski definition) is 6. The Balaban J connectivity index is 1.70. The van der Waals surface area contributed by atoms with Crippen LogP contribution >= 0.6 is 0 Å². The molecule has 0 radical (unpaired) electrons. The lowest BCUT2D eigenvalue weighted by Gasteiger charge is -2.14. The Morgan fingerprint density at radius 3 is 2.75 bits per heavy atom. The summed E-state index contributed by atoms with van der Waals surface area (Å²) < 4.78 is 0. The fourth-order valence-electron chi connectivity index (χ4n) is 2.29. The van der Waals surface area contributed by atoms with Crippen LogP contribution in [0.15, 0.2) is 36.7 Å². The molecule has 3 rings (SSSR count). The Morgan fingerprint density at radius 2 is 1.95 bits per heavy atom. The third kappa shape index (κ3) is 2.37. The topological polar surface area (TPSA) is 53.5 Å². The smallest absolute Gasteiger partial charge is 0.179 e. The predicted octanol–water partition coefficient (Wildman–Crippen LogP) is 1.86. The average Bonchev–Trinajstić information content (AvgIpc) is 2.76. The van der Waals surface area contributed by atoms with Gasteiger partial charge in [0.2, 0.25) is 0 Å². The number of nitrogens with one attached hydrogen (secondary N) is 1. The first-order valence-corrected chi connectivity index (χ1v) is 6.44. The lowest BCUT2D eigenvalue weighted by atomic mass is 10.2. The quantitative estimate of drug-likeness (QED) is 0.857. The maximum atomic E-state index is 5.53. The van der Waals surface area contributed by atoms with Gasteiger partial charge in [0.25, 0.3) is 0 Å². The van der Waals surface area contributed by atoms with E-state index in [0.717, 1.165) is 23.7 Å². The molecule has 1 aliphatic heterocycles. The molecule has 0 fully saturated rings. The van der Waals surface area contributed by atoms with Crippen molar-refractivity contribution in [2.24, 2.45) is 0 Å². The minimum atomic E-state index is 0.485. The van der Waals surface area contributed by atoms with Crippen LogP contribution in [0.1, 0.15) is 5.56 Å². The van der Waals surface area contributed by atoms with E-state index in [1.807, 2.05) is 44.4 Å². The molecule has 0 amide bonds. The van der Waals surface area contributed by atoms with Gasteiger partial charge in [0, 0.05) is 14.1 Å². The van der Waals surface area contributed by atoms with Gasteiger partial charge in [-0.05, 0) is 5.56 Å². The molecule has 2 aromatic rings. The minimum Gasteiger partial charge on any atom is -0.351 e.